The second kappa shape index (κ2) is 3.46. The van der Waals surface area contributed by atoms with Crippen LogP contribution in [0.2, 0.25) is 0 Å². The second-order valence-electron chi connectivity index (χ2n) is 8.45. The zero-order chi connectivity index (χ0) is 13.3. The molecule has 0 spiro atoms. The topological polar surface area (TPSA) is 33.4 Å². The zero-order valence-electron chi connectivity index (χ0n) is 12.0. The Balaban J connectivity index is 1.75. The Morgan fingerprint density at radius 2 is 1.84 bits per heavy atom. The molecule has 104 valence electrons. The van der Waals surface area contributed by atoms with Gasteiger partial charge in [-0.2, -0.15) is 0 Å². The number of hydrogen-bond acceptors (Lipinski definition) is 2. The van der Waals surface area contributed by atoms with Crippen molar-refractivity contribution in [2.24, 2.45) is 22.2 Å². The van der Waals surface area contributed by atoms with E-state index >= 15 is 0 Å². The Morgan fingerprint density at radius 3 is 2.37 bits per heavy atom. The number of furan rings is 1. The van der Waals surface area contributed by atoms with Gasteiger partial charge in [0.2, 0.25) is 0 Å². The SMILES string of the molecule is CC12CC3CC(C)(C1)CC(C(O)c1ccoc1)(C3)C2. The van der Waals surface area contributed by atoms with Crippen molar-refractivity contribution in [2.75, 3.05) is 0 Å². The summed E-state index contributed by atoms with van der Waals surface area (Å²) in [6.07, 6.45) is 10.8. The molecule has 4 fully saturated rings. The van der Waals surface area contributed by atoms with E-state index in [1.807, 2.05) is 6.07 Å². The van der Waals surface area contributed by atoms with Crippen molar-refractivity contribution in [1.29, 1.82) is 0 Å². The molecule has 4 bridgehead atoms. The molecule has 5 rings (SSSR count). The first-order chi connectivity index (χ1) is 8.92. The van der Waals surface area contributed by atoms with Gasteiger partial charge in [-0.1, -0.05) is 13.8 Å². The van der Waals surface area contributed by atoms with Crippen LogP contribution >= 0.6 is 0 Å². The van der Waals surface area contributed by atoms with E-state index in [0.717, 1.165) is 11.5 Å². The first kappa shape index (κ1) is 12.0. The summed E-state index contributed by atoms with van der Waals surface area (Å²) in [6, 6.07) is 1.94. The third-order valence-electron chi connectivity index (χ3n) is 6.11. The summed E-state index contributed by atoms with van der Waals surface area (Å²) in [4.78, 5) is 0. The molecule has 2 heteroatoms. The number of aliphatic hydroxyl groups excluding tert-OH is 1. The van der Waals surface area contributed by atoms with Crippen LogP contribution in [0, 0.1) is 22.2 Å². The van der Waals surface area contributed by atoms with Gasteiger partial charge in [0.1, 0.15) is 0 Å². The van der Waals surface area contributed by atoms with Gasteiger partial charge in [0.25, 0.3) is 0 Å². The summed E-state index contributed by atoms with van der Waals surface area (Å²) in [7, 11) is 0. The van der Waals surface area contributed by atoms with Gasteiger partial charge in [-0.3, -0.25) is 0 Å². The molecule has 0 aliphatic heterocycles. The van der Waals surface area contributed by atoms with Gasteiger partial charge in [-0.05, 0) is 61.3 Å². The van der Waals surface area contributed by atoms with Crippen LogP contribution in [0.15, 0.2) is 23.0 Å². The van der Waals surface area contributed by atoms with E-state index in [2.05, 4.69) is 13.8 Å². The Hall–Kier alpha value is -0.760. The van der Waals surface area contributed by atoms with E-state index in [1.165, 1.54) is 38.5 Å². The maximum Gasteiger partial charge on any atom is 0.0960 e. The fourth-order valence-electron chi connectivity index (χ4n) is 6.63. The molecule has 0 amide bonds. The van der Waals surface area contributed by atoms with Gasteiger partial charge >= 0.3 is 0 Å². The van der Waals surface area contributed by atoms with Crippen LogP contribution in [0.25, 0.3) is 0 Å². The molecule has 3 atom stereocenters. The second-order valence-corrected chi connectivity index (χ2v) is 8.45. The molecular weight excluding hydrogens is 236 g/mol. The summed E-state index contributed by atoms with van der Waals surface area (Å²) in [5.74, 6) is 0.827. The fraction of sp³-hybridized carbons (Fsp3) is 0.765. The average Bonchev–Trinajstić information content (AvgIpc) is 2.75. The van der Waals surface area contributed by atoms with Crippen molar-refractivity contribution >= 4 is 0 Å². The van der Waals surface area contributed by atoms with E-state index in [-0.39, 0.29) is 11.5 Å². The van der Waals surface area contributed by atoms with E-state index < -0.39 is 0 Å². The largest absolute Gasteiger partial charge is 0.472 e. The van der Waals surface area contributed by atoms with Crippen LogP contribution in [0.5, 0.6) is 0 Å². The molecule has 1 aromatic heterocycles. The third-order valence-corrected chi connectivity index (χ3v) is 6.11. The zero-order valence-corrected chi connectivity index (χ0v) is 12.0. The minimum absolute atomic E-state index is 0.104. The van der Waals surface area contributed by atoms with Crippen molar-refractivity contribution < 1.29 is 9.52 Å². The van der Waals surface area contributed by atoms with Crippen molar-refractivity contribution in [3.8, 4) is 0 Å². The van der Waals surface area contributed by atoms with Crippen LogP contribution in [-0.4, -0.2) is 5.11 Å². The van der Waals surface area contributed by atoms with Gasteiger partial charge in [-0.15, -0.1) is 0 Å². The first-order valence-electron chi connectivity index (χ1n) is 7.62. The molecule has 3 unspecified atom stereocenters. The molecule has 4 aliphatic carbocycles. The molecule has 1 N–H and O–H groups in total. The number of hydrogen-bond donors (Lipinski definition) is 1. The lowest BCUT2D eigenvalue weighted by Crippen LogP contribution is -2.56. The summed E-state index contributed by atoms with van der Waals surface area (Å²) in [5, 5.41) is 10.9. The predicted molar refractivity (Wildman–Crippen MR) is 73.5 cm³/mol. The van der Waals surface area contributed by atoms with Gasteiger partial charge in [-0.25, -0.2) is 0 Å². The standard InChI is InChI=1S/C17H24O2/c1-15-5-12-6-16(2,9-15)11-17(7-12,10-15)14(18)13-3-4-19-8-13/h3-4,8,12,14,18H,5-7,9-11H2,1-2H3. The van der Waals surface area contributed by atoms with Gasteiger partial charge in [0.15, 0.2) is 0 Å². The lowest BCUT2D eigenvalue weighted by molar-refractivity contribution is -0.187. The summed E-state index contributed by atoms with van der Waals surface area (Å²) < 4.78 is 5.19. The Morgan fingerprint density at radius 1 is 1.16 bits per heavy atom. The van der Waals surface area contributed by atoms with Crippen molar-refractivity contribution in [3.05, 3.63) is 24.2 Å². The van der Waals surface area contributed by atoms with Crippen LogP contribution in [0.1, 0.15) is 64.0 Å². The molecule has 1 heterocycles. The molecule has 0 saturated heterocycles. The number of aliphatic hydroxyl groups is 1. The van der Waals surface area contributed by atoms with Crippen molar-refractivity contribution in [1.82, 2.24) is 0 Å². The van der Waals surface area contributed by atoms with E-state index in [9.17, 15) is 5.11 Å². The minimum atomic E-state index is -0.340. The monoisotopic (exact) mass is 260 g/mol. The summed E-state index contributed by atoms with van der Waals surface area (Å²) in [6.45, 7) is 4.90. The molecule has 1 aromatic rings. The highest BCUT2D eigenvalue weighted by Gasteiger charge is 2.62. The molecule has 0 aromatic carbocycles. The van der Waals surface area contributed by atoms with Gasteiger partial charge in [0.05, 0.1) is 18.6 Å². The van der Waals surface area contributed by atoms with Crippen LogP contribution < -0.4 is 0 Å². The fourth-order valence-corrected chi connectivity index (χ4v) is 6.63. The highest BCUT2D eigenvalue weighted by atomic mass is 16.3. The van der Waals surface area contributed by atoms with Gasteiger partial charge < -0.3 is 9.52 Å². The van der Waals surface area contributed by atoms with Crippen LogP contribution in [0.3, 0.4) is 0 Å². The molecule has 0 radical (unpaired) electrons. The lowest BCUT2D eigenvalue weighted by atomic mass is 9.39. The van der Waals surface area contributed by atoms with E-state index in [1.54, 1.807) is 12.5 Å². The van der Waals surface area contributed by atoms with Crippen LogP contribution in [0.4, 0.5) is 0 Å². The number of rotatable bonds is 2. The van der Waals surface area contributed by atoms with E-state index in [4.69, 9.17) is 4.42 Å². The Kier molecular flexibility index (Phi) is 2.19. The molecule has 19 heavy (non-hydrogen) atoms. The molecule has 4 saturated carbocycles. The summed E-state index contributed by atoms with van der Waals surface area (Å²) in [5.41, 5.74) is 2.00. The van der Waals surface area contributed by atoms with Gasteiger partial charge in [0, 0.05) is 11.0 Å². The Bertz CT molecular complexity index is 471. The average molecular weight is 260 g/mol. The highest BCUT2D eigenvalue weighted by Crippen LogP contribution is 2.72. The van der Waals surface area contributed by atoms with Crippen LogP contribution in [-0.2, 0) is 0 Å². The Labute approximate surface area is 115 Å². The van der Waals surface area contributed by atoms with Crippen molar-refractivity contribution in [3.63, 3.8) is 0 Å². The normalized spacial score (nSPS) is 49.5. The maximum atomic E-state index is 10.9. The van der Waals surface area contributed by atoms with Crippen molar-refractivity contribution in [2.45, 2.75) is 58.5 Å². The summed E-state index contributed by atoms with van der Waals surface area (Å²) >= 11 is 0. The quantitative estimate of drug-likeness (QED) is 0.859. The lowest BCUT2D eigenvalue weighted by Gasteiger charge is -2.66. The van der Waals surface area contributed by atoms with E-state index in [0.29, 0.717) is 10.8 Å². The first-order valence-corrected chi connectivity index (χ1v) is 7.62. The molecule has 4 aliphatic rings. The smallest absolute Gasteiger partial charge is 0.0960 e. The highest BCUT2D eigenvalue weighted by molar-refractivity contribution is 5.19. The predicted octanol–water partition coefficient (Wildman–Crippen LogP) is 4.31. The molecular formula is C17H24O2. The molecule has 2 nitrogen and oxygen atoms in total. The maximum absolute atomic E-state index is 10.9. The minimum Gasteiger partial charge on any atom is -0.472 e. The third kappa shape index (κ3) is 1.65.